The molecule has 0 saturated carbocycles. The third-order valence-electron chi connectivity index (χ3n) is 2.38. The molecular formula is C12H7F4NOS. The number of ketones is 1. The molecule has 0 amide bonds. The number of rotatable bonds is 2. The molecule has 0 atom stereocenters. The summed E-state index contributed by atoms with van der Waals surface area (Å²) in [5.41, 5.74) is -1.52. The van der Waals surface area contributed by atoms with Crippen LogP contribution < -0.4 is 0 Å². The van der Waals surface area contributed by atoms with Crippen LogP contribution in [0.1, 0.15) is 25.8 Å². The summed E-state index contributed by atoms with van der Waals surface area (Å²) < 4.78 is 50.5. The van der Waals surface area contributed by atoms with Crippen molar-refractivity contribution in [2.45, 2.75) is 13.1 Å². The fourth-order valence-electron chi connectivity index (χ4n) is 1.49. The highest BCUT2D eigenvalue weighted by Crippen LogP contribution is 2.32. The lowest BCUT2D eigenvalue weighted by atomic mass is 10.1. The molecule has 2 aromatic rings. The van der Waals surface area contributed by atoms with Gasteiger partial charge in [-0.2, -0.15) is 13.2 Å². The molecule has 0 unspecified atom stereocenters. The Bertz CT molecular complexity index is 633. The van der Waals surface area contributed by atoms with E-state index in [0.29, 0.717) is 17.1 Å². The lowest BCUT2D eigenvalue weighted by Gasteiger charge is -2.08. The van der Waals surface area contributed by atoms with E-state index in [2.05, 4.69) is 4.98 Å². The van der Waals surface area contributed by atoms with Crippen molar-refractivity contribution in [3.05, 3.63) is 51.2 Å². The molecular weight excluding hydrogens is 282 g/mol. The van der Waals surface area contributed by atoms with Crippen molar-refractivity contribution in [2.75, 3.05) is 0 Å². The van der Waals surface area contributed by atoms with Crippen molar-refractivity contribution in [2.24, 2.45) is 0 Å². The first kappa shape index (κ1) is 13.7. The van der Waals surface area contributed by atoms with E-state index in [1.165, 1.54) is 6.20 Å². The number of carbonyl (C=O) groups is 1. The van der Waals surface area contributed by atoms with Crippen LogP contribution in [0.3, 0.4) is 0 Å². The molecule has 2 nitrogen and oxygen atoms in total. The maximum absolute atomic E-state index is 13.3. The fourth-order valence-corrected chi connectivity index (χ4v) is 2.23. The number of hydrogen-bond acceptors (Lipinski definition) is 3. The van der Waals surface area contributed by atoms with Crippen LogP contribution in [-0.2, 0) is 6.18 Å². The normalized spacial score (nSPS) is 11.6. The van der Waals surface area contributed by atoms with E-state index in [0.717, 1.165) is 17.4 Å². The number of alkyl halides is 3. The van der Waals surface area contributed by atoms with Gasteiger partial charge in [0.15, 0.2) is 0 Å². The van der Waals surface area contributed by atoms with Crippen LogP contribution in [0.25, 0.3) is 0 Å². The van der Waals surface area contributed by atoms with Gasteiger partial charge in [0.2, 0.25) is 5.78 Å². The number of aryl methyl sites for hydroxylation is 1. The van der Waals surface area contributed by atoms with E-state index in [-0.39, 0.29) is 10.4 Å². The molecule has 1 aromatic heterocycles. The predicted molar refractivity (Wildman–Crippen MR) is 61.7 cm³/mol. The van der Waals surface area contributed by atoms with Crippen LogP contribution >= 0.6 is 11.3 Å². The van der Waals surface area contributed by atoms with Gasteiger partial charge in [-0.05, 0) is 19.1 Å². The van der Waals surface area contributed by atoms with Crippen molar-refractivity contribution < 1.29 is 22.4 Å². The molecule has 0 radical (unpaired) electrons. The van der Waals surface area contributed by atoms with E-state index in [1.807, 2.05) is 0 Å². The van der Waals surface area contributed by atoms with E-state index in [9.17, 15) is 22.4 Å². The lowest BCUT2D eigenvalue weighted by Crippen LogP contribution is -2.09. The molecule has 0 bridgehead atoms. The zero-order valence-corrected chi connectivity index (χ0v) is 10.4. The predicted octanol–water partition coefficient (Wildman–Crippen LogP) is 3.84. The van der Waals surface area contributed by atoms with Crippen molar-refractivity contribution in [3.63, 3.8) is 0 Å². The second kappa shape index (κ2) is 4.73. The number of halogens is 4. The number of benzene rings is 1. The third-order valence-corrected chi connectivity index (χ3v) is 3.29. The minimum absolute atomic E-state index is 0.130. The molecule has 0 aliphatic heterocycles. The van der Waals surface area contributed by atoms with Gasteiger partial charge in [0.25, 0.3) is 0 Å². The minimum atomic E-state index is -4.77. The molecule has 7 heteroatoms. The fraction of sp³-hybridized carbons (Fsp3) is 0.167. The SMILES string of the molecule is Cc1ncc(C(=O)c2ccc(C(F)(F)F)c(F)c2)s1. The second-order valence-corrected chi connectivity index (χ2v) is 5.00. The zero-order valence-electron chi connectivity index (χ0n) is 9.58. The maximum atomic E-state index is 13.3. The molecule has 100 valence electrons. The Labute approximate surface area is 109 Å². The molecule has 0 N–H and O–H groups in total. The number of hydrogen-bond donors (Lipinski definition) is 0. The van der Waals surface area contributed by atoms with E-state index < -0.39 is 23.3 Å². The highest BCUT2D eigenvalue weighted by Gasteiger charge is 2.34. The van der Waals surface area contributed by atoms with Crippen molar-refractivity contribution >= 4 is 17.1 Å². The Morgan fingerprint density at radius 2 is 2.00 bits per heavy atom. The number of thiazole rings is 1. The molecule has 0 saturated heterocycles. The Morgan fingerprint density at radius 1 is 1.32 bits per heavy atom. The van der Waals surface area contributed by atoms with Crippen LogP contribution in [0, 0.1) is 12.7 Å². The summed E-state index contributed by atoms with van der Waals surface area (Å²) in [5, 5.41) is 0.649. The van der Waals surface area contributed by atoms with Crippen molar-refractivity contribution in [3.8, 4) is 0 Å². The number of nitrogens with zero attached hydrogens (tertiary/aromatic N) is 1. The number of aromatic nitrogens is 1. The van der Waals surface area contributed by atoms with Gasteiger partial charge in [-0.1, -0.05) is 6.07 Å². The standard InChI is InChI=1S/C12H7F4NOS/c1-6-17-5-10(19-6)11(18)7-2-3-8(9(13)4-7)12(14,15)16/h2-5H,1H3. The van der Waals surface area contributed by atoms with Crippen LogP contribution in [0.2, 0.25) is 0 Å². The average Bonchev–Trinajstić information content (AvgIpc) is 2.73. The summed E-state index contributed by atoms with van der Waals surface area (Å²) in [5.74, 6) is -2.00. The summed E-state index contributed by atoms with van der Waals surface area (Å²) in [4.78, 5) is 16.0. The minimum Gasteiger partial charge on any atom is -0.288 e. The van der Waals surface area contributed by atoms with Gasteiger partial charge in [-0.25, -0.2) is 9.37 Å². The highest BCUT2D eigenvalue weighted by atomic mass is 32.1. The van der Waals surface area contributed by atoms with Crippen LogP contribution in [0.15, 0.2) is 24.4 Å². The summed E-state index contributed by atoms with van der Waals surface area (Å²) in [6.45, 7) is 1.69. The Kier molecular flexibility index (Phi) is 3.40. The molecule has 2 rings (SSSR count). The Morgan fingerprint density at radius 3 is 2.47 bits per heavy atom. The largest absolute Gasteiger partial charge is 0.419 e. The first-order valence-electron chi connectivity index (χ1n) is 5.13. The van der Waals surface area contributed by atoms with Gasteiger partial charge in [0.05, 0.1) is 15.4 Å². The molecule has 19 heavy (non-hydrogen) atoms. The van der Waals surface area contributed by atoms with Gasteiger partial charge >= 0.3 is 6.18 Å². The quantitative estimate of drug-likeness (QED) is 0.621. The van der Waals surface area contributed by atoms with Crippen LogP contribution in [-0.4, -0.2) is 10.8 Å². The number of carbonyl (C=O) groups excluding carboxylic acids is 1. The topological polar surface area (TPSA) is 30.0 Å². The summed E-state index contributed by atoms with van der Waals surface area (Å²) in [6, 6.07) is 2.12. The van der Waals surface area contributed by atoms with Gasteiger partial charge in [-0.15, -0.1) is 11.3 Å². The lowest BCUT2D eigenvalue weighted by molar-refractivity contribution is -0.140. The molecule has 0 fully saturated rings. The van der Waals surface area contributed by atoms with Crippen LogP contribution in [0.5, 0.6) is 0 Å². The maximum Gasteiger partial charge on any atom is 0.419 e. The smallest absolute Gasteiger partial charge is 0.288 e. The second-order valence-electron chi connectivity index (χ2n) is 3.77. The summed E-state index contributed by atoms with van der Waals surface area (Å²) in [7, 11) is 0. The van der Waals surface area contributed by atoms with Crippen LogP contribution in [0.4, 0.5) is 17.6 Å². The van der Waals surface area contributed by atoms with Gasteiger partial charge in [-0.3, -0.25) is 4.79 Å². The first-order valence-corrected chi connectivity index (χ1v) is 5.94. The third kappa shape index (κ3) is 2.81. The Hall–Kier alpha value is -1.76. The monoisotopic (exact) mass is 289 g/mol. The average molecular weight is 289 g/mol. The molecule has 1 heterocycles. The van der Waals surface area contributed by atoms with Gasteiger partial charge in [0, 0.05) is 11.8 Å². The molecule has 0 aliphatic rings. The van der Waals surface area contributed by atoms with Gasteiger partial charge in [0.1, 0.15) is 5.82 Å². The van der Waals surface area contributed by atoms with Gasteiger partial charge < -0.3 is 0 Å². The first-order chi connectivity index (χ1) is 8.79. The van der Waals surface area contributed by atoms with Crippen molar-refractivity contribution in [1.29, 1.82) is 0 Å². The highest BCUT2D eigenvalue weighted by molar-refractivity contribution is 7.13. The molecule has 1 aromatic carbocycles. The van der Waals surface area contributed by atoms with Crippen molar-refractivity contribution in [1.82, 2.24) is 4.98 Å². The summed E-state index contributed by atoms with van der Waals surface area (Å²) >= 11 is 1.10. The Balaban J connectivity index is 2.38. The molecule has 0 aliphatic carbocycles. The molecule has 0 spiro atoms. The zero-order chi connectivity index (χ0) is 14.2. The van der Waals surface area contributed by atoms with E-state index in [4.69, 9.17) is 0 Å². The van der Waals surface area contributed by atoms with E-state index in [1.54, 1.807) is 6.92 Å². The van der Waals surface area contributed by atoms with E-state index >= 15 is 0 Å². The summed E-state index contributed by atoms with van der Waals surface area (Å²) in [6.07, 6.45) is -3.45.